The first-order valence-electron chi connectivity index (χ1n) is 9.85. The summed E-state index contributed by atoms with van der Waals surface area (Å²) in [4.78, 5) is 19.2. The number of nitrogens with zero attached hydrogens (tertiary/aromatic N) is 2. The van der Waals surface area contributed by atoms with Gasteiger partial charge in [0.1, 0.15) is 0 Å². The van der Waals surface area contributed by atoms with Gasteiger partial charge in [-0.1, -0.05) is 25.3 Å². The van der Waals surface area contributed by atoms with Crippen LogP contribution in [0.25, 0.3) is 0 Å². The van der Waals surface area contributed by atoms with Gasteiger partial charge in [-0.05, 0) is 51.8 Å². The molecule has 1 amide bonds. The molecule has 2 heterocycles. The molecular weight excluding hydrogens is 314 g/mol. The second-order valence-electron chi connectivity index (χ2n) is 7.29. The first-order chi connectivity index (χ1) is 12.3. The van der Waals surface area contributed by atoms with Crippen molar-refractivity contribution in [3.63, 3.8) is 0 Å². The minimum atomic E-state index is 0.179. The standard InChI is InChI=1S/C20H31N3O2/c1-2-25-20-17(7-6-12-21-20)15-23-13-10-16(11-14-23)19(24)22-18-8-4-3-5-9-18/h6-7,12,16,18H,2-5,8-11,13-15H2,1H3,(H,22,24). The topological polar surface area (TPSA) is 54.5 Å². The number of carbonyl (C=O) groups is 1. The number of nitrogens with one attached hydrogen (secondary N) is 1. The molecule has 0 radical (unpaired) electrons. The molecule has 1 aromatic rings. The lowest BCUT2D eigenvalue weighted by Gasteiger charge is -2.33. The lowest BCUT2D eigenvalue weighted by Crippen LogP contribution is -2.44. The number of likely N-dealkylation sites (tertiary alicyclic amines) is 1. The molecule has 2 aliphatic rings. The number of hydrogen-bond acceptors (Lipinski definition) is 4. The van der Waals surface area contributed by atoms with Gasteiger partial charge in [0.2, 0.25) is 11.8 Å². The second-order valence-corrected chi connectivity index (χ2v) is 7.29. The number of hydrogen-bond donors (Lipinski definition) is 1. The Hall–Kier alpha value is -1.62. The summed E-state index contributed by atoms with van der Waals surface area (Å²) >= 11 is 0. The monoisotopic (exact) mass is 345 g/mol. The number of piperidine rings is 1. The fraction of sp³-hybridized carbons (Fsp3) is 0.700. The molecule has 25 heavy (non-hydrogen) atoms. The van der Waals surface area contributed by atoms with E-state index in [0.29, 0.717) is 12.6 Å². The van der Waals surface area contributed by atoms with Crippen LogP contribution in [0.2, 0.25) is 0 Å². The predicted molar refractivity (Wildman–Crippen MR) is 98.4 cm³/mol. The number of carbonyl (C=O) groups excluding carboxylic acids is 1. The summed E-state index contributed by atoms with van der Waals surface area (Å²) in [6, 6.07) is 4.46. The second kappa shape index (κ2) is 9.18. The lowest BCUT2D eigenvalue weighted by molar-refractivity contribution is -0.127. The average molecular weight is 345 g/mol. The van der Waals surface area contributed by atoms with Crippen molar-refractivity contribution >= 4 is 5.91 Å². The van der Waals surface area contributed by atoms with Crippen LogP contribution in [-0.4, -0.2) is 41.5 Å². The normalized spacial score (nSPS) is 20.4. The van der Waals surface area contributed by atoms with Gasteiger partial charge in [0.05, 0.1) is 6.61 Å². The van der Waals surface area contributed by atoms with E-state index in [1.54, 1.807) is 6.20 Å². The maximum atomic E-state index is 12.5. The zero-order valence-electron chi connectivity index (χ0n) is 15.4. The summed E-state index contributed by atoms with van der Waals surface area (Å²) in [5.74, 6) is 1.20. The Bertz CT molecular complexity index is 550. The smallest absolute Gasteiger partial charge is 0.223 e. The van der Waals surface area contributed by atoms with Crippen molar-refractivity contribution in [2.24, 2.45) is 5.92 Å². The maximum absolute atomic E-state index is 12.5. The van der Waals surface area contributed by atoms with E-state index in [2.05, 4.69) is 21.3 Å². The summed E-state index contributed by atoms with van der Waals surface area (Å²) < 4.78 is 5.62. The van der Waals surface area contributed by atoms with Gasteiger partial charge in [-0.2, -0.15) is 0 Å². The van der Waals surface area contributed by atoms with Gasteiger partial charge in [-0.3, -0.25) is 9.69 Å². The zero-order valence-corrected chi connectivity index (χ0v) is 15.4. The van der Waals surface area contributed by atoms with Crippen molar-refractivity contribution in [2.75, 3.05) is 19.7 Å². The highest BCUT2D eigenvalue weighted by molar-refractivity contribution is 5.79. The van der Waals surface area contributed by atoms with Gasteiger partial charge < -0.3 is 10.1 Å². The van der Waals surface area contributed by atoms with E-state index in [4.69, 9.17) is 4.74 Å². The Morgan fingerprint density at radius 1 is 1.24 bits per heavy atom. The van der Waals surface area contributed by atoms with Gasteiger partial charge in [0.15, 0.2) is 0 Å². The molecule has 0 spiro atoms. The van der Waals surface area contributed by atoms with Crippen molar-refractivity contribution in [3.8, 4) is 5.88 Å². The predicted octanol–water partition coefficient (Wildman–Crippen LogP) is 3.14. The van der Waals surface area contributed by atoms with Crippen LogP contribution in [0.4, 0.5) is 0 Å². The highest BCUT2D eigenvalue weighted by Gasteiger charge is 2.27. The maximum Gasteiger partial charge on any atom is 0.223 e. The summed E-state index contributed by atoms with van der Waals surface area (Å²) in [7, 11) is 0. The van der Waals surface area contributed by atoms with Crippen molar-refractivity contribution in [1.29, 1.82) is 0 Å². The van der Waals surface area contributed by atoms with E-state index < -0.39 is 0 Å². The zero-order chi connectivity index (χ0) is 17.5. The quantitative estimate of drug-likeness (QED) is 0.860. The third kappa shape index (κ3) is 5.18. The van der Waals surface area contributed by atoms with E-state index in [0.717, 1.165) is 56.8 Å². The third-order valence-electron chi connectivity index (χ3n) is 5.43. The molecular formula is C20H31N3O2. The number of ether oxygens (including phenoxy) is 1. The molecule has 0 atom stereocenters. The van der Waals surface area contributed by atoms with Gasteiger partial charge >= 0.3 is 0 Å². The van der Waals surface area contributed by atoms with Gasteiger partial charge in [0, 0.05) is 30.3 Å². The summed E-state index contributed by atoms with van der Waals surface area (Å²) in [5.41, 5.74) is 1.13. The highest BCUT2D eigenvalue weighted by atomic mass is 16.5. The van der Waals surface area contributed by atoms with Crippen LogP contribution < -0.4 is 10.1 Å². The molecule has 5 heteroatoms. The lowest BCUT2D eigenvalue weighted by atomic mass is 9.92. The molecule has 1 aliphatic carbocycles. The summed E-state index contributed by atoms with van der Waals surface area (Å²) in [6.45, 7) is 5.38. The van der Waals surface area contributed by atoms with E-state index in [1.807, 2.05) is 13.0 Å². The van der Waals surface area contributed by atoms with Crippen LogP contribution in [0.1, 0.15) is 57.4 Å². The molecule has 0 bridgehead atoms. The molecule has 138 valence electrons. The van der Waals surface area contributed by atoms with Crippen LogP contribution in [-0.2, 0) is 11.3 Å². The molecule has 1 saturated carbocycles. The average Bonchev–Trinajstić information content (AvgIpc) is 2.65. The summed E-state index contributed by atoms with van der Waals surface area (Å²) in [6.07, 6.45) is 9.83. The van der Waals surface area contributed by atoms with Crippen LogP contribution in [0.15, 0.2) is 18.3 Å². The van der Waals surface area contributed by atoms with Crippen molar-refractivity contribution in [2.45, 2.75) is 64.5 Å². The fourth-order valence-electron chi connectivity index (χ4n) is 3.97. The Morgan fingerprint density at radius 2 is 2.00 bits per heavy atom. The number of amides is 1. The fourth-order valence-corrected chi connectivity index (χ4v) is 3.97. The minimum absolute atomic E-state index is 0.179. The van der Waals surface area contributed by atoms with E-state index in [9.17, 15) is 4.79 Å². The van der Waals surface area contributed by atoms with Gasteiger partial charge in [-0.15, -0.1) is 0 Å². The van der Waals surface area contributed by atoms with Crippen molar-refractivity contribution < 1.29 is 9.53 Å². The van der Waals surface area contributed by atoms with E-state index in [1.165, 1.54) is 19.3 Å². The Labute approximate surface area is 151 Å². The van der Waals surface area contributed by atoms with Gasteiger partial charge in [-0.25, -0.2) is 4.98 Å². The van der Waals surface area contributed by atoms with Crippen LogP contribution in [0.3, 0.4) is 0 Å². The first-order valence-corrected chi connectivity index (χ1v) is 9.85. The SMILES string of the molecule is CCOc1ncccc1CN1CCC(C(=O)NC2CCCCC2)CC1. The molecule has 0 unspecified atom stereocenters. The molecule has 1 N–H and O–H groups in total. The minimum Gasteiger partial charge on any atom is -0.478 e. The Balaban J connectivity index is 1.46. The molecule has 3 rings (SSSR count). The first kappa shape index (κ1) is 18.2. The number of pyridine rings is 1. The van der Waals surface area contributed by atoms with Crippen LogP contribution in [0.5, 0.6) is 5.88 Å². The number of aromatic nitrogens is 1. The van der Waals surface area contributed by atoms with Crippen molar-refractivity contribution in [1.82, 2.24) is 15.2 Å². The van der Waals surface area contributed by atoms with Gasteiger partial charge in [0.25, 0.3) is 0 Å². The highest BCUT2D eigenvalue weighted by Crippen LogP contribution is 2.23. The molecule has 1 aliphatic heterocycles. The molecule has 2 fully saturated rings. The Morgan fingerprint density at radius 3 is 2.72 bits per heavy atom. The molecule has 1 aromatic heterocycles. The number of rotatable bonds is 6. The summed E-state index contributed by atoms with van der Waals surface area (Å²) in [5, 5.41) is 3.29. The van der Waals surface area contributed by atoms with E-state index >= 15 is 0 Å². The largest absolute Gasteiger partial charge is 0.478 e. The third-order valence-corrected chi connectivity index (χ3v) is 5.43. The molecule has 1 saturated heterocycles. The van der Waals surface area contributed by atoms with Crippen LogP contribution >= 0.6 is 0 Å². The van der Waals surface area contributed by atoms with Crippen LogP contribution in [0, 0.1) is 5.92 Å². The Kier molecular flexibility index (Phi) is 6.68. The molecule has 0 aromatic carbocycles. The van der Waals surface area contributed by atoms with Crippen molar-refractivity contribution in [3.05, 3.63) is 23.9 Å². The van der Waals surface area contributed by atoms with E-state index in [-0.39, 0.29) is 11.8 Å². The molecule has 5 nitrogen and oxygen atoms in total.